The summed E-state index contributed by atoms with van der Waals surface area (Å²) >= 11 is 5.46. The van der Waals surface area contributed by atoms with Crippen molar-refractivity contribution in [2.24, 2.45) is 0 Å². The van der Waals surface area contributed by atoms with Crippen LogP contribution in [0.5, 0.6) is 5.75 Å². The predicted molar refractivity (Wildman–Crippen MR) is 115 cm³/mol. The molecule has 0 aliphatic heterocycles. The SMILES string of the molecule is COc1ccc(NC(=S)Nc2c(C)nn(Cc3ccc(C)cc3)c2C)cc1. The molecule has 3 aromatic rings. The third-order valence-corrected chi connectivity index (χ3v) is 4.62. The van der Waals surface area contributed by atoms with E-state index in [0.29, 0.717) is 5.11 Å². The van der Waals surface area contributed by atoms with Crippen LogP contribution in [-0.4, -0.2) is 22.0 Å². The van der Waals surface area contributed by atoms with Crippen molar-refractivity contribution in [2.75, 3.05) is 17.7 Å². The fourth-order valence-corrected chi connectivity index (χ4v) is 3.07. The Morgan fingerprint density at radius 3 is 2.30 bits per heavy atom. The monoisotopic (exact) mass is 380 g/mol. The Balaban J connectivity index is 1.69. The van der Waals surface area contributed by atoms with Gasteiger partial charge >= 0.3 is 0 Å². The number of benzene rings is 2. The van der Waals surface area contributed by atoms with Crippen LogP contribution >= 0.6 is 12.2 Å². The largest absolute Gasteiger partial charge is 0.497 e. The van der Waals surface area contributed by atoms with Crippen LogP contribution in [0.15, 0.2) is 48.5 Å². The minimum atomic E-state index is 0.529. The second-order valence-corrected chi connectivity index (χ2v) is 6.90. The predicted octanol–water partition coefficient (Wildman–Crippen LogP) is 4.67. The molecule has 27 heavy (non-hydrogen) atoms. The van der Waals surface area contributed by atoms with Crippen LogP contribution in [0, 0.1) is 20.8 Å². The van der Waals surface area contributed by atoms with E-state index >= 15 is 0 Å². The standard InChI is InChI=1S/C21H24N4OS/c1-14-5-7-17(8-6-14)13-25-16(3)20(15(2)24-25)23-21(27)22-18-9-11-19(26-4)12-10-18/h5-12H,13H2,1-4H3,(H2,22,23,27). The Hall–Kier alpha value is -2.86. The van der Waals surface area contributed by atoms with E-state index in [0.717, 1.165) is 35.1 Å². The summed E-state index contributed by atoms with van der Waals surface area (Å²) in [5.41, 5.74) is 6.27. The van der Waals surface area contributed by atoms with Gasteiger partial charge in [0.2, 0.25) is 0 Å². The molecule has 0 aliphatic carbocycles. The molecule has 0 unspecified atom stereocenters. The van der Waals surface area contributed by atoms with Crippen LogP contribution in [0.2, 0.25) is 0 Å². The van der Waals surface area contributed by atoms with E-state index in [1.54, 1.807) is 7.11 Å². The molecule has 6 heteroatoms. The van der Waals surface area contributed by atoms with E-state index in [2.05, 4.69) is 46.9 Å². The summed E-state index contributed by atoms with van der Waals surface area (Å²) < 4.78 is 7.17. The lowest BCUT2D eigenvalue weighted by atomic mass is 10.1. The summed E-state index contributed by atoms with van der Waals surface area (Å²) in [5, 5.41) is 11.7. The number of aryl methyl sites for hydroxylation is 2. The minimum Gasteiger partial charge on any atom is -0.497 e. The van der Waals surface area contributed by atoms with Gasteiger partial charge in [0.05, 0.1) is 30.7 Å². The first-order chi connectivity index (χ1) is 13.0. The first-order valence-corrected chi connectivity index (χ1v) is 9.18. The first-order valence-electron chi connectivity index (χ1n) is 8.78. The van der Waals surface area contributed by atoms with Crippen LogP contribution in [0.4, 0.5) is 11.4 Å². The van der Waals surface area contributed by atoms with E-state index in [-0.39, 0.29) is 0 Å². The Kier molecular flexibility index (Phi) is 5.76. The van der Waals surface area contributed by atoms with E-state index < -0.39 is 0 Å². The maximum absolute atomic E-state index is 5.46. The highest BCUT2D eigenvalue weighted by atomic mass is 32.1. The third kappa shape index (κ3) is 4.65. The molecule has 0 spiro atoms. The Morgan fingerprint density at radius 1 is 1.00 bits per heavy atom. The molecule has 0 saturated heterocycles. The van der Waals surface area contributed by atoms with Gasteiger partial charge in [-0.25, -0.2) is 0 Å². The molecule has 0 amide bonds. The molecule has 0 radical (unpaired) electrons. The number of hydrogen-bond donors (Lipinski definition) is 2. The molecule has 1 aromatic heterocycles. The van der Waals surface area contributed by atoms with Crippen LogP contribution in [-0.2, 0) is 6.54 Å². The molecule has 0 bridgehead atoms. The second-order valence-electron chi connectivity index (χ2n) is 6.50. The van der Waals surface area contributed by atoms with Crippen molar-refractivity contribution in [1.82, 2.24) is 9.78 Å². The van der Waals surface area contributed by atoms with Gasteiger partial charge in [-0.1, -0.05) is 29.8 Å². The number of aromatic nitrogens is 2. The van der Waals surface area contributed by atoms with Gasteiger partial charge in [0, 0.05) is 5.69 Å². The molecule has 0 aliphatic rings. The average molecular weight is 381 g/mol. The molecule has 0 atom stereocenters. The van der Waals surface area contributed by atoms with Crippen molar-refractivity contribution in [2.45, 2.75) is 27.3 Å². The summed E-state index contributed by atoms with van der Waals surface area (Å²) in [6, 6.07) is 16.1. The number of rotatable bonds is 5. The average Bonchev–Trinajstić information content (AvgIpc) is 2.91. The smallest absolute Gasteiger partial charge is 0.175 e. The number of anilines is 2. The van der Waals surface area contributed by atoms with Gasteiger partial charge in [-0.2, -0.15) is 5.10 Å². The highest BCUT2D eigenvalue weighted by Gasteiger charge is 2.13. The highest BCUT2D eigenvalue weighted by Crippen LogP contribution is 2.21. The fraction of sp³-hybridized carbons (Fsp3) is 0.238. The lowest BCUT2D eigenvalue weighted by Crippen LogP contribution is -2.20. The summed E-state index contributed by atoms with van der Waals surface area (Å²) in [6.07, 6.45) is 0. The van der Waals surface area contributed by atoms with E-state index in [9.17, 15) is 0 Å². The zero-order chi connectivity index (χ0) is 19.4. The molecular weight excluding hydrogens is 356 g/mol. The second kappa shape index (κ2) is 8.22. The van der Waals surface area contributed by atoms with Crippen LogP contribution in [0.1, 0.15) is 22.5 Å². The number of hydrogen-bond acceptors (Lipinski definition) is 3. The molecule has 3 rings (SSSR count). The van der Waals surface area contributed by atoms with Gasteiger partial charge in [0.25, 0.3) is 0 Å². The maximum Gasteiger partial charge on any atom is 0.175 e. The van der Waals surface area contributed by atoms with Gasteiger partial charge in [-0.3, -0.25) is 4.68 Å². The number of methoxy groups -OCH3 is 1. The van der Waals surface area contributed by atoms with E-state index in [1.807, 2.05) is 42.8 Å². The number of ether oxygens (including phenoxy) is 1. The van der Waals surface area contributed by atoms with Crippen LogP contribution < -0.4 is 15.4 Å². The molecule has 0 fully saturated rings. The molecule has 2 N–H and O–H groups in total. The Labute approximate surface area is 165 Å². The van der Waals surface area contributed by atoms with Gasteiger partial charge in [-0.15, -0.1) is 0 Å². The molecule has 5 nitrogen and oxygen atoms in total. The molecule has 140 valence electrons. The summed E-state index contributed by atoms with van der Waals surface area (Å²) in [6.45, 7) is 6.85. The van der Waals surface area contributed by atoms with Crippen LogP contribution in [0.25, 0.3) is 0 Å². The first kappa shape index (κ1) is 18.9. The quantitative estimate of drug-likeness (QED) is 0.630. The van der Waals surface area contributed by atoms with Gasteiger partial charge in [0.15, 0.2) is 5.11 Å². The molecule has 0 saturated carbocycles. The molecule has 1 heterocycles. The van der Waals surface area contributed by atoms with Crippen molar-refractivity contribution in [3.05, 3.63) is 71.0 Å². The zero-order valence-electron chi connectivity index (χ0n) is 16.0. The lowest BCUT2D eigenvalue weighted by Gasteiger charge is -2.12. The number of nitrogens with one attached hydrogen (secondary N) is 2. The lowest BCUT2D eigenvalue weighted by molar-refractivity contribution is 0.415. The fourth-order valence-electron chi connectivity index (χ4n) is 2.85. The minimum absolute atomic E-state index is 0.529. The van der Waals surface area contributed by atoms with Gasteiger partial charge in [0.1, 0.15) is 5.75 Å². The Morgan fingerprint density at radius 2 is 1.67 bits per heavy atom. The summed E-state index contributed by atoms with van der Waals surface area (Å²) in [5.74, 6) is 0.809. The van der Waals surface area contributed by atoms with Crippen molar-refractivity contribution >= 4 is 28.7 Å². The topological polar surface area (TPSA) is 51.1 Å². The van der Waals surface area contributed by atoms with Crippen LogP contribution in [0.3, 0.4) is 0 Å². The third-order valence-electron chi connectivity index (χ3n) is 4.42. The highest BCUT2D eigenvalue weighted by molar-refractivity contribution is 7.80. The van der Waals surface area contributed by atoms with Crippen molar-refractivity contribution < 1.29 is 4.74 Å². The van der Waals surface area contributed by atoms with Crippen molar-refractivity contribution in [1.29, 1.82) is 0 Å². The van der Waals surface area contributed by atoms with Crippen molar-refractivity contribution in [3.8, 4) is 5.75 Å². The van der Waals surface area contributed by atoms with E-state index in [1.165, 1.54) is 11.1 Å². The Bertz CT molecular complexity index is 930. The summed E-state index contributed by atoms with van der Waals surface area (Å²) in [7, 11) is 1.65. The van der Waals surface area contributed by atoms with E-state index in [4.69, 9.17) is 17.0 Å². The molecule has 2 aromatic carbocycles. The zero-order valence-corrected chi connectivity index (χ0v) is 16.9. The summed E-state index contributed by atoms with van der Waals surface area (Å²) in [4.78, 5) is 0. The van der Waals surface area contributed by atoms with Gasteiger partial charge in [-0.05, 0) is 62.8 Å². The van der Waals surface area contributed by atoms with Crippen molar-refractivity contribution in [3.63, 3.8) is 0 Å². The maximum atomic E-state index is 5.46. The number of nitrogens with zero attached hydrogens (tertiary/aromatic N) is 2. The van der Waals surface area contributed by atoms with Gasteiger partial charge < -0.3 is 15.4 Å². The molecular formula is C21H24N4OS. The normalized spacial score (nSPS) is 10.5. The number of thiocarbonyl (C=S) groups is 1.